The number of aryl methyl sites for hydroxylation is 2. The first kappa shape index (κ1) is 15.2. The predicted octanol–water partition coefficient (Wildman–Crippen LogP) is 1.10. The number of rotatable bonds is 6. The molecule has 2 aromatic rings. The van der Waals surface area contributed by atoms with Crippen LogP contribution in [0.5, 0.6) is 0 Å². The van der Waals surface area contributed by atoms with Crippen molar-refractivity contribution in [3.8, 4) is 0 Å². The van der Waals surface area contributed by atoms with Gasteiger partial charge in [0.15, 0.2) is 0 Å². The largest absolute Gasteiger partial charge is 0.354 e. The Hall–Kier alpha value is -2.18. The molecule has 2 heterocycles. The van der Waals surface area contributed by atoms with Gasteiger partial charge in [0.1, 0.15) is 12.7 Å². The maximum absolute atomic E-state index is 12.1. The second kappa shape index (κ2) is 6.51. The number of amides is 1. The van der Waals surface area contributed by atoms with E-state index in [1.54, 1.807) is 11.0 Å². The smallest absolute Gasteiger partial charge is 0.224 e. The second-order valence-electron chi connectivity index (χ2n) is 5.48. The average Bonchev–Trinajstić information content (AvgIpc) is 3.05. The van der Waals surface area contributed by atoms with Gasteiger partial charge in [0.05, 0.1) is 24.2 Å². The number of nitrogens with one attached hydrogen (secondary N) is 1. The lowest BCUT2D eigenvalue weighted by Gasteiger charge is -2.17. The van der Waals surface area contributed by atoms with E-state index in [-0.39, 0.29) is 17.9 Å². The molecular weight excluding hydrogens is 268 g/mol. The zero-order valence-electron chi connectivity index (χ0n) is 12.9. The normalized spacial score (nSPS) is 13.9. The Labute approximate surface area is 124 Å². The summed E-state index contributed by atoms with van der Waals surface area (Å²) in [5, 5.41) is 11.4. The van der Waals surface area contributed by atoms with Crippen LogP contribution >= 0.6 is 0 Å². The lowest BCUT2D eigenvalue weighted by Crippen LogP contribution is -2.35. The van der Waals surface area contributed by atoms with Crippen LogP contribution in [0.4, 0.5) is 0 Å². The first-order valence-corrected chi connectivity index (χ1v) is 7.10. The fraction of sp³-hybridized carbons (Fsp3) is 0.571. The zero-order valence-corrected chi connectivity index (χ0v) is 12.9. The highest BCUT2D eigenvalue weighted by molar-refractivity contribution is 5.78. The molecule has 0 aromatic carbocycles. The maximum Gasteiger partial charge on any atom is 0.224 e. The molecule has 114 valence electrons. The highest BCUT2D eigenvalue weighted by Gasteiger charge is 2.16. The third-order valence-corrected chi connectivity index (χ3v) is 3.41. The molecular formula is C14H22N6O. The molecule has 0 saturated heterocycles. The van der Waals surface area contributed by atoms with E-state index in [2.05, 4.69) is 20.5 Å². The molecule has 0 aliphatic carbocycles. The minimum absolute atomic E-state index is 0.0129. The number of aromatic nitrogens is 5. The van der Waals surface area contributed by atoms with Gasteiger partial charge in [-0.25, -0.2) is 4.98 Å². The van der Waals surface area contributed by atoms with E-state index < -0.39 is 0 Å². The third-order valence-electron chi connectivity index (χ3n) is 3.41. The summed E-state index contributed by atoms with van der Waals surface area (Å²) in [6.45, 7) is 9.00. The van der Waals surface area contributed by atoms with Crippen LogP contribution in [0.15, 0.2) is 18.7 Å². The first-order valence-electron chi connectivity index (χ1n) is 7.10. The van der Waals surface area contributed by atoms with E-state index in [0.29, 0.717) is 13.1 Å². The summed E-state index contributed by atoms with van der Waals surface area (Å²) in [5.74, 6) is -0.141. The Bertz CT molecular complexity index is 589. The molecule has 0 radical (unpaired) electrons. The van der Waals surface area contributed by atoms with Gasteiger partial charge < -0.3 is 5.32 Å². The summed E-state index contributed by atoms with van der Waals surface area (Å²) >= 11 is 0. The summed E-state index contributed by atoms with van der Waals surface area (Å²) < 4.78 is 3.60. The number of carbonyl (C=O) groups excluding carboxylic acids is 1. The molecule has 21 heavy (non-hydrogen) atoms. The van der Waals surface area contributed by atoms with Crippen molar-refractivity contribution in [3.05, 3.63) is 30.1 Å². The number of hydrogen-bond donors (Lipinski definition) is 1. The Kier molecular flexibility index (Phi) is 4.72. The molecule has 7 heteroatoms. The van der Waals surface area contributed by atoms with E-state index in [1.165, 1.54) is 6.33 Å². The number of carbonyl (C=O) groups is 1. The van der Waals surface area contributed by atoms with Crippen molar-refractivity contribution in [3.63, 3.8) is 0 Å². The molecule has 0 aliphatic rings. The van der Waals surface area contributed by atoms with Crippen molar-refractivity contribution in [1.29, 1.82) is 0 Å². The summed E-state index contributed by atoms with van der Waals surface area (Å²) in [5.41, 5.74) is 2.09. The number of hydrogen-bond acceptors (Lipinski definition) is 4. The van der Waals surface area contributed by atoms with Crippen LogP contribution in [0.1, 0.15) is 31.3 Å². The summed E-state index contributed by atoms with van der Waals surface area (Å²) in [6, 6.07) is 2.16. The molecule has 0 fully saturated rings. The quantitative estimate of drug-likeness (QED) is 0.864. The molecule has 2 unspecified atom stereocenters. The number of nitrogens with zero attached hydrogens (tertiary/aromatic N) is 5. The van der Waals surface area contributed by atoms with Gasteiger partial charge in [-0.3, -0.25) is 14.2 Å². The SMILES string of the molecule is Cc1cc(C)n(C(C)CNC(=O)C(C)Cn2cncn2)n1. The lowest BCUT2D eigenvalue weighted by atomic mass is 10.1. The van der Waals surface area contributed by atoms with Crippen LogP contribution in [0.3, 0.4) is 0 Å². The van der Waals surface area contributed by atoms with E-state index in [4.69, 9.17) is 0 Å². The van der Waals surface area contributed by atoms with Crippen molar-refractivity contribution >= 4 is 5.91 Å². The van der Waals surface area contributed by atoms with Gasteiger partial charge in [-0.2, -0.15) is 10.2 Å². The first-order chi connectivity index (χ1) is 9.97. The Morgan fingerprint density at radius 3 is 2.71 bits per heavy atom. The van der Waals surface area contributed by atoms with Gasteiger partial charge in [-0.1, -0.05) is 6.92 Å². The molecule has 2 aromatic heterocycles. The molecule has 2 rings (SSSR count). The molecule has 0 aliphatic heterocycles. The van der Waals surface area contributed by atoms with Crippen LogP contribution < -0.4 is 5.32 Å². The van der Waals surface area contributed by atoms with Gasteiger partial charge in [0.2, 0.25) is 5.91 Å². The summed E-state index contributed by atoms with van der Waals surface area (Å²) in [6.07, 6.45) is 3.08. The van der Waals surface area contributed by atoms with Crippen molar-refractivity contribution < 1.29 is 4.79 Å². The van der Waals surface area contributed by atoms with E-state index in [1.807, 2.05) is 38.4 Å². The van der Waals surface area contributed by atoms with Gasteiger partial charge in [0, 0.05) is 12.2 Å². The van der Waals surface area contributed by atoms with E-state index >= 15 is 0 Å². The average molecular weight is 290 g/mol. The minimum atomic E-state index is -0.153. The van der Waals surface area contributed by atoms with Crippen LogP contribution in [-0.4, -0.2) is 37.0 Å². The van der Waals surface area contributed by atoms with E-state index in [9.17, 15) is 4.79 Å². The third kappa shape index (κ3) is 3.90. The molecule has 0 spiro atoms. The van der Waals surface area contributed by atoms with Crippen LogP contribution in [0.25, 0.3) is 0 Å². The highest BCUT2D eigenvalue weighted by atomic mass is 16.1. The molecule has 2 atom stereocenters. The lowest BCUT2D eigenvalue weighted by molar-refractivity contribution is -0.125. The predicted molar refractivity (Wildman–Crippen MR) is 78.6 cm³/mol. The van der Waals surface area contributed by atoms with Crippen LogP contribution in [-0.2, 0) is 11.3 Å². The zero-order chi connectivity index (χ0) is 15.4. The Morgan fingerprint density at radius 1 is 1.38 bits per heavy atom. The molecule has 7 nitrogen and oxygen atoms in total. The van der Waals surface area contributed by atoms with Crippen molar-refractivity contribution in [2.75, 3.05) is 6.54 Å². The topological polar surface area (TPSA) is 77.6 Å². The molecule has 0 saturated carbocycles. The van der Waals surface area contributed by atoms with Crippen LogP contribution in [0.2, 0.25) is 0 Å². The van der Waals surface area contributed by atoms with Crippen molar-refractivity contribution in [1.82, 2.24) is 29.9 Å². The molecule has 1 amide bonds. The standard InChI is InChI=1S/C14H22N6O/c1-10(7-19-9-15-8-17-19)14(21)16-6-13(4)20-12(3)5-11(2)18-20/h5,8-10,13H,6-7H2,1-4H3,(H,16,21). The maximum atomic E-state index is 12.1. The summed E-state index contributed by atoms with van der Waals surface area (Å²) in [4.78, 5) is 16.0. The monoisotopic (exact) mass is 290 g/mol. The summed E-state index contributed by atoms with van der Waals surface area (Å²) in [7, 11) is 0. The van der Waals surface area contributed by atoms with Gasteiger partial charge in [-0.05, 0) is 26.8 Å². The molecule has 1 N–H and O–H groups in total. The Morgan fingerprint density at radius 2 is 2.14 bits per heavy atom. The van der Waals surface area contributed by atoms with Crippen LogP contribution in [0, 0.1) is 19.8 Å². The Balaban J connectivity index is 1.84. The highest BCUT2D eigenvalue weighted by Crippen LogP contribution is 2.10. The second-order valence-corrected chi connectivity index (χ2v) is 5.48. The minimum Gasteiger partial charge on any atom is -0.354 e. The fourth-order valence-corrected chi connectivity index (χ4v) is 2.29. The van der Waals surface area contributed by atoms with Crippen molar-refractivity contribution in [2.24, 2.45) is 5.92 Å². The van der Waals surface area contributed by atoms with Gasteiger partial charge in [-0.15, -0.1) is 0 Å². The van der Waals surface area contributed by atoms with E-state index in [0.717, 1.165) is 11.4 Å². The molecule has 0 bridgehead atoms. The fourth-order valence-electron chi connectivity index (χ4n) is 2.29. The van der Waals surface area contributed by atoms with Gasteiger partial charge in [0.25, 0.3) is 0 Å². The van der Waals surface area contributed by atoms with Gasteiger partial charge >= 0.3 is 0 Å². The van der Waals surface area contributed by atoms with Crippen molar-refractivity contribution in [2.45, 2.75) is 40.3 Å².